The fraction of sp³-hybridized carbons (Fsp3) is 0.240. The third-order valence-electron chi connectivity index (χ3n) is 5.45. The number of carbonyl (C=O) groups is 1. The average Bonchev–Trinajstić information content (AvgIpc) is 3.32. The van der Waals surface area contributed by atoms with Crippen molar-refractivity contribution in [3.8, 4) is 17.0 Å². The molecule has 8 nitrogen and oxygen atoms in total. The lowest BCUT2D eigenvalue weighted by Gasteiger charge is -2.13. The molecule has 37 heavy (non-hydrogen) atoms. The number of hydrogen-bond donors (Lipinski definition) is 1. The van der Waals surface area contributed by atoms with E-state index in [0.717, 1.165) is 25.4 Å². The number of pyridine rings is 1. The van der Waals surface area contributed by atoms with Crippen LogP contribution in [-0.4, -0.2) is 37.7 Å². The van der Waals surface area contributed by atoms with Gasteiger partial charge in [0.25, 0.3) is 0 Å². The normalized spacial score (nSPS) is 11.4. The molecule has 1 amide bonds. The molecular formula is C25H22F4N6O2. The van der Waals surface area contributed by atoms with Gasteiger partial charge in [-0.1, -0.05) is 12.1 Å². The monoisotopic (exact) mass is 514 g/mol. The number of aromatic nitrogens is 5. The molecule has 0 bridgehead atoms. The molecule has 0 radical (unpaired) electrons. The molecule has 0 aliphatic carbocycles. The van der Waals surface area contributed by atoms with Crippen molar-refractivity contribution in [3.63, 3.8) is 0 Å². The maximum atomic E-state index is 14.7. The molecule has 0 fully saturated rings. The summed E-state index contributed by atoms with van der Waals surface area (Å²) in [5.41, 5.74) is 0.836. The zero-order chi connectivity index (χ0) is 26.6. The Morgan fingerprint density at radius 1 is 1.05 bits per heavy atom. The van der Waals surface area contributed by atoms with Crippen molar-refractivity contribution in [1.29, 1.82) is 0 Å². The van der Waals surface area contributed by atoms with Crippen molar-refractivity contribution in [2.24, 2.45) is 0 Å². The van der Waals surface area contributed by atoms with E-state index in [2.05, 4.69) is 30.1 Å². The van der Waals surface area contributed by atoms with E-state index < -0.39 is 29.3 Å². The highest BCUT2D eigenvalue weighted by atomic mass is 19.4. The second kappa shape index (κ2) is 10.7. The highest BCUT2D eigenvalue weighted by Crippen LogP contribution is 2.36. The van der Waals surface area contributed by atoms with Crippen molar-refractivity contribution < 1.29 is 27.1 Å². The number of alkyl halides is 3. The molecule has 12 heteroatoms. The predicted octanol–water partition coefficient (Wildman–Crippen LogP) is 4.69. The van der Waals surface area contributed by atoms with Crippen molar-refractivity contribution in [2.75, 3.05) is 12.4 Å². The number of ether oxygens (including phenoxy) is 1. The van der Waals surface area contributed by atoms with Crippen LogP contribution in [0.25, 0.3) is 11.1 Å². The van der Waals surface area contributed by atoms with Crippen LogP contribution in [0.2, 0.25) is 0 Å². The van der Waals surface area contributed by atoms with E-state index in [1.54, 1.807) is 24.7 Å². The molecule has 4 aromatic rings. The minimum atomic E-state index is -4.72. The predicted molar refractivity (Wildman–Crippen MR) is 126 cm³/mol. The maximum Gasteiger partial charge on any atom is 0.421 e. The summed E-state index contributed by atoms with van der Waals surface area (Å²) < 4.78 is 60.7. The summed E-state index contributed by atoms with van der Waals surface area (Å²) in [5, 5.41) is 6.53. The number of halogens is 4. The Labute approximate surface area is 209 Å². The van der Waals surface area contributed by atoms with Crippen LogP contribution in [0.4, 0.5) is 23.2 Å². The first-order valence-electron chi connectivity index (χ1n) is 11.2. The van der Waals surface area contributed by atoms with Gasteiger partial charge in [-0.25, -0.2) is 19.3 Å². The van der Waals surface area contributed by atoms with Gasteiger partial charge in [0, 0.05) is 37.1 Å². The highest BCUT2D eigenvalue weighted by molar-refractivity contribution is 5.92. The van der Waals surface area contributed by atoms with Crippen LogP contribution in [0, 0.1) is 5.82 Å². The van der Waals surface area contributed by atoms with Crippen molar-refractivity contribution in [3.05, 3.63) is 83.6 Å². The van der Waals surface area contributed by atoms with Gasteiger partial charge in [-0.15, -0.1) is 0 Å². The summed E-state index contributed by atoms with van der Waals surface area (Å²) in [6.07, 6.45) is 3.28. The van der Waals surface area contributed by atoms with Crippen molar-refractivity contribution in [2.45, 2.75) is 32.5 Å². The topological polar surface area (TPSA) is 94.8 Å². The number of nitrogens with zero attached hydrogens (tertiary/aromatic N) is 5. The summed E-state index contributed by atoms with van der Waals surface area (Å²) in [5.74, 6) is -1.37. The van der Waals surface area contributed by atoms with E-state index in [9.17, 15) is 22.4 Å². The van der Waals surface area contributed by atoms with Gasteiger partial charge in [0.15, 0.2) is 0 Å². The Kier molecular flexibility index (Phi) is 7.46. The largest absolute Gasteiger partial charge is 0.481 e. The Hall–Kier alpha value is -4.35. The van der Waals surface area contributed by atoms with Gasteiger partial charge in [0.2, 0.25) is 11.8 Å². The standard InChI is InChI=1S/C25H22F4N6O2/c1-3-35-14-15(10-33-35)6-22-30-11-18(12-31-22)16-4-5-17(21(26)7-16)8-23(36)34-19-9-20(25(27,28)29)24(37-2)32-13-19/h4-5,7,9-14H,3,6,8H2,1-2H3,(H,34,36). The number of aryl methyl sites for hydroxylation is 1. The van der Waals surface area contributed by atoms with Crippen molar-refractivity contribution in [1.82, 2.24) is 24.7 Å². The molecular weight excluding hydrogens is 492 g/mol. The SMILES string of the molecule is CCn1cc(Cc2ncc(-c3ccc(CC(=O)Nc4cnc(OC)c(C(F)(F)F)c4)c(F)c3)cn2)cn1. The minimum Gasteiger partial charge on any atom is -0.481 e. The van der Waals surface area contributed by atoms with Crippen LogP contribution in [0.1, 0.15) is 29.4 Å². The molecule has 0 atom stereocenters. The van der Waals surface area contributed by atoms with Crippen LogP contribution in [0.3, 0.4) is 0 Å². The fourth-order valence-corrected chi connectivity index (χ4v) is 3.58. The number of methoxy groups -OCH3 is 1. The Balaban J connectivity index is 1.42. The van der Waals surface area contributed by atoms with Crippen LogP contribution in [0.5, 0.6) is 5.88 Å². The van der Waals surface area contributed by atoms with Gasteiger partial charge in [-0.3, -0.25) is 9.48 Å². The number of rotatable bonds is 8. The lowest BCUT2D eigenvalue weighted by Crippen LogP contribution is -2.17. The number of nitrogens with one attached hydrogen (secondary N) is 1. The average molecular weight is 514 g/mol. The Morgan fingerprint density at radius 3 is 2.43 bits per heavy atom. The summed E-state index contributed by atoms with van der Waals surface area (Å²) in [7, 11) is 1.06. The second-order valence-electron chi connectivity index (χ2n) is 8.08. The van der Waals surface area contributed by atoms with Gasteiger partial charge in [0.1, 0.15) is 17.2 Å². The molecule has 1 N–H and O–H groups in total. The van der Waals surface area contributed by atoms with E-state index in [1.165, 1.54) is 12.1 Å². The smallest absolute Gasteiger partial charge is 0.421 e. The third-order valence-corrected chi connectivity index (χ3v) is 5.45. The first kappa shape index (κ1) is 25.7. The first-order valence-corrected chi connectivity index (χ1v) is 11.2. The number of benzene rings is 1. The van der Waals surface area contributed by atoms with Gasteiger partial charge in [-0.2, -0.15) is 18.3 Å². The number of carbonyl (C=O) groups excluding carboxylic acids is 1. The Bertz CT molecular complexity index is 1400. The van der Waals surface area contributed by atoms with E-state index in [-0.39, 0.29) is 17.7 Å². The molecule has 4 rings (SSSR count). The highest BCUT2D eigenvalue weighted by Gasteiger charge is 2.35. The van der Waals surface area contributed by atoms with Crippen LogP contribution in [-0.2, 0) is 30.4 Å². The van der Waals surface area contributed by atoms with Gasteiger partial charge in [0.05, 0.1) is 31.6 Å². The molecule has 0 aliphatic heterocycles. The summed E-state index contributed by atoms with van der Waals surface area (Å²) >= 11 is 0. The van der Waals surface area contributed by atoms with E-state index >= 15 is 0 Å². The number of hydrogen-bond acceptors (Lipinski definition) is 6. The molecule has 0 spiro atoms. The molecule has 1 aromatic carbocycles. The lowest BCUT2D eigenvalue weighted by molar-refractivity contribution is -0.139. The maximum absolute atomic E-state index is 14.7. The molecule has 0 aliphatic rings. The Morgan fingerprint density at radius 2 is 1.81 bits per heavy atom. The molecule has 192 valence electrons. The molecule has 0 saturated heterocycles. The molecule has 3 heterocycles. The molecule has 3 aromatic heterocycles. The fourth-order valence-electron chi connectivity index (χ4n) is 3.58. The zero-order valence-electron chi connectivity index (χ0n) is 19.9. The number of anilines is 1. The zero-order valence-corrected chi connectivity index (χ0v) is 19.9. The quantitative estimate of drug-likeness (QED) is 0.343. The number of amides is 1. The van der Waals surface area contributed by atoms with Gasteiger partial charge < -0.3 is 10.1 Å². The lowest BCUT2D eigenvalue weighted by atomic mass is 10.0. The third kappa shape index (κ3) is 6.26. The molecule has 0 saturated carbocycles. The second-order valence-corrected chi connectivity index (χ2v) is 8.08. The van der Waals surface area contributed by atoms with Crippen LogP contribution >= 0.6 is 0 Å². The van der Waals surface area contributed by atoms with Gasteiger partial charge >= 0.3 is 6.18 Å². The van der Waals surface area contributed by atoms with Crippen LogP contribution in [0.15, 0.2) is 55.2 Å². The van der Waals surface area contributed by atoms with E-state index in [1.807, 2.05) is 17.8 Å². The van der Waals surface area contributed by atoms with Gasteiger partial charge in [-0.05, 0) is 35.7 Å². The minimum absolute atomic E-state index is 0.0734. The summed E-state index contributed by atoms with van der Waals surface area (Å²) in [4.78, 5) is 24.6. The van der Waals surface area contributed by atoms with E-state index in [0.29, 0.717) is 29.4 Å². The first-order chi connectivity index (χ1) is 17.7. The van der Waals surface area contributed by atoms with Crippen LogP contribution < -0.4 is 10.1 Å². The summed E-state index contributed by atoms with van der Waals surface area (Å²) in [6, 6.07) is 5.02. The van der Waals surface area contributed by atoms with Crippen molar-refractivity contribution >= 4 is 11.6 Å². The summed E-state index contributed by atoms with van der Waals surface area (Å²) in [6.45, 7) is 2.76. The molecule has 0 unspecified atom stereocenters. The van der Waals surface area contributed by atoms with E-state index in [4.69, 9.17) is 0 Å².